The van der Waals surface area contributed by atoms with Gasteiger partial charge in [-0.3, -0.25) is 10.1 Å². The summed E-state index contributed by atoms with van der Waals surface area (Å²) in [6.45, 7) is 5.95. The Kier molecular flexibility index (Phi) is 3.38. The topological polar surface area (TPSA) is 68.9 Å². The highest BCUT2D eigenvalue weighted by Gasteiger charge is 2.19. The SMILES string of the molecule is Cc1ccc([N+](=O)[O-])c(-c2nnc(C(C)C)s2)c1.[HH]. The van der Waals surface area contributed by atoms with Crippen molar-refractivity contribution in [3.8, 4) is 10.6 Å². The van der Waals surface area contributed by atoms with Gasteiger partial charge in [-0.1, -0.05) is 31.3 Å². The molecule has 1 aromatic heterocycles. The Morgan fingerprint density at radius 3 is 2.67 bits per heavy atom. The molecule has 0 fully saturated rings. The molecule has 0 spiro atoms. The summed E-state index contributed by atoms with van der Waals surface area (Å²) in [6, 6.07) is 5.02. The normalized spacial score (nSPS) is 10.9. The molecule has 2 rings (SSSR count). The van der Waals surface area contributed by atoms with Gasteiger partial charge in [-0.2, -0.15) is 0 Å². The predicted molar refractivity (Wildman–Crippen MR) is 72.9 cm³/mol. The number of aryl methyl sites for hydroxylation is 1. The lowest BCUT2D eigenvalue weighted by atomic mass is 10.1. The maximum atomic E-state index is 11.0. The van der Waals surface area contributed by atoms with Gasteiger partial charge in [-0.15, -0.1) is 10.2 Å². The van der Waals surface area contributed by atoms with Gasteiger partial charge in [0.05, 0.1) is 10.5 Å². The van der Waals surface area contributed by atoms with E-state index in [0.717, 1.165) is 10.6 Å². The average molecular weight is 265 g/mol. The van der Waals surface area contributed by atoms with Gasteiger partial charge < -0.3 is 0 Å². The van der Waals surface area contributed by atoms with E-state index in [4.69, 9.17) is 0 Å². The summed E-state index contributed by atoms with van der Waals surface area (Å²) >= 11 is 1.41. The van der Waals surface area contributed by atoms with Gasteiger partial charge in [0, 0.05) is 13.4 Å². The van der Waals surface area contributed by atoms with Crippen molar-refractivity contribution in [2.45, 2.75) is 26.7 Å². The fourth-order valence-electron chi connectivity index (χ4n) is 1.56. The van der Waals surface area contributed by atoms with E-state index in [1.165, 1.54) is 17.4 Å². The molecule has 96 valence electrons. The maximum absolute atomic E-state index is 11.0. The van der Waals surface area contributed by atoms with Crippen LogP contribution in [0.5, 0.6) is 0 Å². The van der Waals surface area contributed by atoms with Gasteiger partial charge in [-0.25, -0.2) is 0 Å². The quantitative estimate of drug-likeness (QED) is 0.625. The van der Waals surface area contributed by atoms with Crippen LogP contribution in [-0.2, 0) is 0 Å². The van der Waals surface area contributed by atoms with E-state index in [2.05, 4.69) is 10.2 Å². The molecule has 0 saturated carbocycles. The van der Waals surface area contributed by atoms with Crippen molar-refractivity contribution < 1.29 is 6.35 Å². The lowest BCUT2D eigenvalue weighted by molar-refractivity contribution is -0.384. The highest BCUT2D eigenvalue weighted by Crippen LogP contribution is 2.34. The van der Waals surface area contributed by atoms with Crippen molar-refractivity contribution in [2.24, 2.45) is 0 Å². The molecule has 18 heavy (non-hydrogen) atoms. The van der Waals surface area contributed by atoms with Crippen LogP contribution in [-0.4, -0.2) is 15.1 Å². The first-order valence-corrected chi connectivity index (χ1v) is 6.39. The summed E-state index contributed by atoms with van der Waals surface area (Å²) in [5.41, 5.74) is 1.59. The zero-order chi connectivity index (χ0) is 13.3. The highest BCUT2D eigenvalue weighted by molar-refractivity contribution is 7.14. The van der Waals surface area contributed by atoms with Crippen LogP contribution in [0.4, 0.5) is 5.69 Å². The predicted octanol–water partition coefficient (Wildman–Crippen LogP) is 3.79. The van der Waals surface area contributed by atoms with Gasteiger partial charge in [0.25, 0.3) is 5.69 Å². The summed E-state index contributed by atoms with van der Waals surface area (Å²) in [4.78, 5) is 10.6. The monoisotopic (exact) mass is 265 g/mol. The molecule has 1 heterocycles. The van der Waals surface area contributed by atoms with Crippen LogP contribution in [0.2, 0.25) is 0 Å². The number of rotatable bonds is 3. The molecular formula is C12H15N3O2S. The van der Waals surface area contributed by atoms with Crippen molar-refractivity contribution in [3.63, 3.8) is 0 Å². The first kappa shape index (κ1) is 12.6. The molecule has 2 aromatic rings. The number of benzene rings is 1. The molecule has 0 aliphatic heterocycles. The third-order valence-electron chi connectivity index (χ3n) is 2.51. The molecule has 0 atom stereocenters. The number of nitro groups is 1. The molecule has 0 amide bonds. The molecule has 0 unspecified atom stereocenters. The molecule has 0 aliphatic carbocycles. The number of nitrogens with zero attached hydrogens (tertiary/aromatic N) is 3. The Hall–Kier alpha value is -1.82. The summed E-state index contributed by atoms with van der Waals surface area (Å²) in [7, 11) is 0. The maximum Gasteiger partial charge on any atom is 0.279 e. The van der Waals surface area contributed by atoms with E-state index in [1.54, 1.807) is 12.1 Å². The number of hydrogen-bond donors (Lipinski definition) is 0. The van der Waals surface area contributed by atoms with Crippen LogP contribution in [0.3, 0.4) is 0 Å². The van der Waals surface area contributed by atoms with Crippen molar-refractivity contribution in [3.05, 3.63) is 38.9 Å². The van der Waals surface area contributed by atoms with Gasteiger partial charge >= 0.3 is 0 Å². The summed E-state index contributed by atoms with van der Waals surface area (Å²) in [6.07, 6.45) is 0. The molecule has 0 radical (unpaired) electrons. The first-order valence-electron chi connectivity index (χ1n) is 5.58. The molecule has 0 N–H and O–H groups in total. The van der Waals surface area contributed by atoms with E-state index in [9.17, 15) is 10.1 Å². The third-order valence-corrected chi connectivity index (χ3v) is 3.77. The molecule has 1 aromatic carbocycles. The Labute approximate surface area is 110 Å². The van der Waals surface area contributed by atoms with E-state index in [-0.39, 0.29) is 18.0 Å². The van der Waals surface area contributed by atoms with Gasteiger partial charge in [0.15, 0.2) is 5.01 Å². The second-order valence-electron chi connectivity index (χ2n) is 4.38. The third kappa shape index (κ3) is 2.38. The summed E-state index contributed by atoms with van der Waals surface area (Å²) in [5.74, 6) is 0.278. The zero-order valence-electron chi connectivity index (χ0n) is 10.4. The first-order chi connectivity index (χ1) is 8.49. The van der Waals surface area contributed by atoms with Gasteiger partial charge in [-0.05, 0) is 18.6 Å². The Morgan fingerprint density at radius 1 is 1.39 bits per heavy atom. The van der Waals surface area contributed by atoms with Gasteiger partial charge in [0.1, 0.15) is 5.01 Å². The van der Waals surface area contributed by atoms with Crippen LogP contribution >= 0.6 is 11.3 Å². The minimum Gasteiger partial charge on any atom is -0.258 e. The lowest BCUT2D eigenvalue weighted by Gasteiger charge is -2.00. The van der Waals surface area contributed by atoms with E-state index in [0.29, 0.717) is 10.6 Å². The summed E-state index contributed by atoms with van der Waals surface area (Å²) in [5, 5.41) is 20.6. The second kappa shape index (κ2) is 4.81. The molecule has 0 bridgehead atoms. The average Bonchev–Trinajstić information content (AvgIpc) is 2.77. The Balaban J connectivity index is 0.00000180. The smallest absolute Gasteiger partial charge is 0.258 e. The zero-order valence-corrected chi connectivity index (χ0v) is 11.2. The van der Waals surface area contributed by atoms with E-state index >= 15 is 0 Å². The van der Waals surface area contributed by atoms with Crippen molar-refractivity contribution in [1.29, 1.82) is 0 Å². The van der Waals surface area contributed by atoms with Gasteiger partial charge in [0.2, 0.25) is 0 Å². The largest absolute Gasteiger partial charge is 0.279 e. The molecule has 0 saturated heterocycles. The second-order valence-corrected chi connectivity index (χ2v) is 5.39. The fourth-order valence-corrected chi connectivity index (χ4v) is 2.43. The van der Waals surface area contributed by atoms with Crippen LogP contribution in [0.1, 0.15) is 31.8 Å². The van der Waals surface area contributed by atoms with Crippen molar-refractivity contribution in [1.82, 2.24) is 10.2 Å². The molecule has 5 nitrogen and oxygen atoms in total. The van der Waals surface area contributed by atoms with Crippen LogP contribution in [0.25, 0.3) is 10.6 Å². The Bertz CT molecular complexity index is 598. The summed E-state index contributed by atoms with van der Waals surface area (Å²) < 4.78 is 0. The van der Waals surface area contributed by atoms with Crippen LogP contribution in [0, 0.1) is 17.0 Å². The fraction of sp³-hybridized carbons (Fsp3) is 0.333. The van der Waals surface area contributed by atoms with E-state index in [1.807, 2.05) is 20.8 Å². The number of aromatic nitrogens is 2. The van der Waals surface area contributed by atoms with Crippen LogP contribution < -0.4 is 0 Å². The van der Waals surface area contributed by atoms with E-state index < -0.39 is 0 Å². The van der Waals surface area contributed by atoms with Crippen LogP contribution in [0.15, 0.2) is 18.2 Å². The minimum atomic E-state index is -0.384. The molecular weight excluding hydrogens is 250 g/mol. The van der Waals surface area contributed by atoms with Crippen molar-refractivity contribution in [2.75, 3.05) is 0 Å². The molecule has 6 heteroatoms. The standard InChI is InChI=1S/C12H13N3O2S.H2/c1-7(2)11-13-14-12(18-11)9-6-8(3)4-5-10(9)15(16)17;/h4-7H,1-3H3;1H. The lowest BCUT2D eigenvalue weighted by Crippen LogP contribution is -1.92. The minimum absolute atomic E-state index is 0. The highest BCUT2D eigenvalue weighted by atomic mass is 32.1. The van der Waals surface area contributed by atoms with Crippen molar-refractivity contribution >= 4 is 17.0 Å². The number of hydrogen-bond acceptors (Lipinski definition) is 5. The number of nitro benzene ring substituents is 1. The Morgan fingerprint density at radius 2 is 2.11 bits per heavy atom. The molecule has 0 aliphatic rings.